The van der Waals surface area contributed by atoms with Gasteiger partial charge in [-0.1, -0.05) is 0 Å². The van der Waals surface area contributed by atoms with Crippen molar-refractivity contribution in [3.8, 4) is 0 Å². The van der Waals surface area contributed by atoms with Crippen LogP contribution in [0.3, 0.4) is 0 Å². The summed E-state index contributed by atoms with van der Waals surface area (Å²) >= 11 is 3.26. The lowest BCUT2D eigenvalue weighted by Gasteiger charge is -2.17. The molecule has 0 aromatic carbocycles. The normalized spacial score (nSPS) is 17.4. The first-order valence-electron chi connectivity index (χ1n) is 5.93. The average Bonchev–Trinajstić information content (AvgIpc) is 2.95. The van der Waals surface area contributed by atoms with Crippen molar-refractivity contribution in [2.24, 2.45) is 0 Å². The molecule has 0 spiro atoms. The molecule has 94 valence electrons. The molecule has 1 atom stereocenters. The summed E-state index contributed by atoms with van der Waals surface area (Å²) in [6.07, 6.45) is 2.26. The van der Waals surface area contributed by atoms with Gasteiger partial charge in [0.25, 0.3) is 0 Å². The van der Waals surface area contributed by atoms with E-state index in [1.165, 1.54) is 0 Å². The van der Waals surface area contributed by atoms with Crippen molar-refractivity contribution in [1.82, 2.24) is 10.2 Å². The molecule has 1 amide bonds. The molecule has 1 aliphatic rings. The van der Waals surface area contributed by atoms with Gasteiger partial charge in [0.1, 0.15) is 5.76 Å². The number of rotatable bonds is 4. The Balaban J connectivity index is 1.79. The summed E-state index contributed by atoms with van der Waals surface area (Å²) in [5.74, 6) is 1.02. The number of carbonyl (C=O) groups is 1. The zero-order valence-corrected chi connectivity index (χ0v) is 11.5. The summed E-state index contributed by atoms with van der Waals surface area (Å²) in [6, 6.07) is 3.81. The molecule has 0 saturated carbocycles. The summed E-state index contributed by atoms with van der Waals surface area (Å²) in [7, 11) is 0. The molecule has 1 fully saturated rings. The fourth-order valence-electron chi connectivity index (χ4n) is 1.98. The van der Waals surface area contributed by atoms with Crippen molar-refractivity contribution >= 4 is 21.8 Å². The van der Waals surface area contributed by atoms with E-state index in [1.807, 2.05) is 24.0 Å². The van der Waals surface area contributed by atoms with Crippen LogP contribution in [0.2, 0.25) is 0 Å². The number of amides is 1. The van der Waals surface area contributed by atoms with Gasteiger partial charge in [-0.05, 0) is 47.8 Å². The largest absolute Gasteiger partial charge is 0.453 e. The van der Waals surface area contributed by atoms with Gasteiger partial charge in [-0.15, -0.1) is 0 Å². The number of nitrogens with one attached hydrogen (secondary N) is 1. The van der Waals surface area contributed by atoms with E-state index >= 15 is 0 Å². The highest BCUT2D eigenvalue weighted by Gasteiger charge is 2.18. The van der Waals surface area contributed by atoms with E-state index in [1.54, 1.807) is 0 Å². The molecule has 2 heterocycles. The number of hydrogen-bond acceptors (Lipinski definition) is 3. The molecular weight excluding hydrogens is 284 g/mol. The van der Waals surface area contributed by atoms with Crippen LogP contribution in [-0.4, -0.2) is 30.4 Å². The lowest BCUT2D eigenvalue weighted by atomic mass is 10.2. The first-order chi connectivity index (χ1) is 8.16. The Morgan fingerprint density at radius 2 is 2.24 bits per heavy atom. The summed E-state index contributed by atoms with van der Waals surface area (Å²) < 4.78 is 6.15. The minimum absolute atomic E-state index is 0.0489. The third-order valence-corrected chi connectivity index (χ3v) is 3.47. The van der Waals surface area contributed by atoms with Crippen LogP contribution in [0.5, 0.6) is 0 Å². The summed E-state index contributed by atoms with van der Waals surface area (Å²) in [5, 5.41) is 3.18. The number of hydrogen-bond donors (Lipinski definition) is 1. The van der Waals surface area contributed by atoms with Gasteiger partial charge in [0.15, 0.2) is 4.67 Å². The Hall–Kier alpha value is -0.810. The fourth-order valence-corrected chi connectivity index (χ4v) is 2.30. The van der Waals surface area contributed by atoms with Crippen LogP contribution >= 0.6 is 15.9 Å². The van der Waals surface area contributed by atoms with Gasteiger partial charge in [-0.25, -0.2) is 0 Å². The highest BCUT2D eigenvalue weighted by Crippen LogP contribution is 2.19. The maximum absolute atomic E-state index is 11.8. The Bertz CT molecular complexity index is 386. The van der Waals surface area contributed by atoms with Gasteiger partial charge in [0.05, 0.1) is 12.6 Å². The van der Waals surface area contributed by atoms with E-state index in [2.05, 4.69) is 21.2 Å². The number of nitrogens with zero attached hydrogens (tertiary/aromatic N) is 1. The molecule has 17 heavy (non-hydrogen) atoms. The molecule has 2 rings (SSSR count). The molecule has 5 heteroatoms. The lowest BCUT2D eigenvalue weighted by Crippen LogP contribution is -2.37. The predicted octanol–water partition coefficient (Wildman–Crippen LogP) is 2.32. The SMILES string of the molecule is CC(NCC(=O)N1CCCC1)c1ccc(Br)o1. The maximum atomic E-state index is 11.8. The van der Waals surface area contributed by atoms with Crippen molar-refractivity contribution in [3.63, 3.8) is 0 Å². The summed E-state index contributed by atoms with van der Waals surface area (Å²) in [5.41, 5.74) is 0. The van der Waals surface area contributed by atoms with Crippen LogP contribution in [0.25, 0.3) is 0 Å². The van der Waals surface area contributed by atoms with E-state index in [9.17, 15) is 4.79 Å². The van der Waals surface area contributed by atoms with E-state index in [0.29, 0.717) is 11.2 Å². The number of furan rings is 1. The van der Waals surface area contributed by atoms with Gasteiger partial charge in [-0.3, -0.25) is 10.1 Å². The standard InChI is InChI=1S/C12H17BrN2O2/c1-9(10-4-5-11(13)17-10)14-8-12(16)15-6-2-3-7-15/h4-5,9,14H,2-3,6-8H2,1H3. The van der Waals surface area contributed by atoms with Gasteiger partial charge in [0.2, 0.25) is 5.91 Å². The first kappa shape index (κ1) is 12.6. The van der Waals surface area contributed by atoms with Crippen LogP contribution in [0.15, 0.2) is 21.2 Å². The van der Waals surface area contributed by atoms with Crippen LogP contribution in [0, 0.1) is 0 Å². The van der Waals surface area contributed by atoms with E-state index in [4.69, 9.17) is 4.42 Å². The summed E-state index contributed by atoms with van der Waals surface area (Å²) in [6.45, 7) is 4.17. The molecule has 1 aliphatic heterocycles. The highest BCUT2D eigenvalue weighted by molar-refractivity contribution is 9.10. The van der Waals surface area contributed by atoms with Crippen LogP contribution in [-0.2, 0) is 4.79 Å². The molecule has 1 N–H and O–H groups in total. The molecule has 1 saturated heterocycles. The average molecular weight is 301 g/mol. The van der Waals surface area contributed by atoms with E-state index < -0.39 is 0 Å². The predicted molar refractivity (Wildman–Crippen MR) is 68.6 cm³/mol. The molecular formula is C12H17BrN2O2. The van der Waals surface area contributed by atoms with Crippen molar-refractivity contribution < 1.29 is 9.21 Å². The Morgan fingerprint density at radius 3 is 2.82 bits per heavy atom. The second-order valence-corrected chi connectivity index (χ2v) is 5.11. The Labute approximate surface area is 109 Å². The van der Waals surface area contributed by atoms with Crippen molar-refractivity contribution in [1.29, 1.82) is 0 Å². The van der Waals surface area contributed by atoms with Crippen LogP contribution in [0.4, 0.5) is 0 Å². The lowest BCUT2D eigenvalue weighted by molar-refractivity contribution is -0.129. The third-order valence-electron chi connectivity index (χ3n) is 3.04. The second kappa shape index (κ2) is 5.69. The molecule has 0 aliphatic carbocycles. The fraction of sp³-hybridized carbons (Fsp3) is 0.583. The minimum Gasteiger partial charge on any atom is -0.453 e. The Kier molecular flexibility index (Phi) is 4.23. The monoisotopic (exact) mass is 300 g/mol. The van der Waals surface area contributed by atoms with Gasteiger partial charge in [0, 0.05) is 13.1 Å². The second-order valence-electron chi connectivity index (χ2n) is 4.33. The molecule has 1 unspecified atom stereocenters. The summed E-state index contributed by atoms with van der Waals surface area (Å²) in [4.78, 5) is 13.7. The van der Waals surface area contributed by atoms with Gasteiger partial charge >= 0.3 is 0 Å². The maximum Gasteiger partial charge on any atom is 0.236 e. The van der Waals surface area contributed by atoms with E-state index in [-0.39, 0.29) is 11.9 Å². The topological polar surface area (TPSA) is 45.5 Å². The third kappa shape index (κ3) is 3.33. The smallest absolute Gasteiger partial charge is 0.236 e. The minimum atomic E-state index is 0.0489. The van der Waals surface area contributed by atoms with Crippen LogP contribution in [0.1, 0.15) is 31.6 Å². The molecule has 1 aromatic rings. The Morgan fingerprint density at radius 1 is 1.53 bits per heavy atom. The molecule has 0 bridgehead atoms. The number of likely N-dealkylation sites (tertiary alicyclic amines) is 1. The number of carbonyl (C=O) groups excluding carboxylic acids is 1. The highest BCUT2D eigenvalue weighted by atomic mass is 79.9. The van der Waals surface area contributed by atoms with Crippen molar-refractivity contribution in [3.05, 3.63) is 22.6 Å². The molecule has 0 radical (unpaired) electrons. The zero-order valence-electron chi connectivity index (χ0n) is 9.91. The van der Waals surface area contributed by atoms with E-state index in [0.717, 1.165) is 31.7 Å². The van der Waals surface area contributed by atoms with Crippen molar-refractivity contribution in [2.45, 2.75) is 25.8 Å². The van der Waals surface area contributed by atoms with Crippen molar-refractivity contribution in [2.75, 3.05) is 19.6 Å². The number of halogens is 1. The van der Waals surface area contributed by atoms with Gasteiger partial charge in [-0.2, -0.15) is 0 Å². The zero-order chi connectivity index (χ0) is 12.3. The molecule has 1 aromatic heterocycles. The molecule has 4 nitrogen and oxygen atoms in total. The van der Waals surface area contributed by atoms with Gasteiger partial charge < -0.3 is 9.32 Å². The first-order valence-corrected chi connectivity index (χ1v) is 6.72. The quantitative estimate of drug-likeness (QED) is 0.928. The van der Waals surface area contributed by atoms with Crippen LogP contribution < -0.4 is 5.32 Å².